The monoisotopic (exact) mass is 218 g/mol. The van der Waals surface area contributed by atoms with Gasteiger partial charge in [0.25, 0.3) is 0 Å². The van der Waals surface area contributed by atoms with Crippen molar-refractivity contribution in [3.05, 3.63) is 29.8 Å². The Bertz CT molecular complexity index is 358. The highest BCUT2D eigenvalue weighted by molar-refractivity contribution is 5.40. The summed E-state index contributed by atoms with van der Waals surface area (Å²) in [5, 5.41) is 0. The van der Waals surface area contributed by atoms with Crippen molar-refractivity contribution in [2.24, 2.45) is 5.41 Å². The Morgan fingerprint density at radius 1 is 1.38 bits per heavy atom. The van der Waals surface area contributed by atoms with Gasteiger partial charge in [0.05, 0.1) is 0 Å². The van der Waals surface area contributed by atoms with Crippen LogP contribution in [0.1, 0.15) is 25.8 Å². The molecule has 0 spiro atoms. The molecule has 1 aromatic rings. The van der Waals surface area contributed by atoms with Crippen LogP contribution < -0.4 is 5.73 Å². The zero-order valence-corrected chi connectivity index (χ0v) is 10.4. The molecule has 0 amide bonds. The van der Waals surface area contributed by atoms with Crippen LogP contribution in [-0.2, 0) is 6.42 Å². The first-order valence-electron chi connectivity index (χ1n) is 6.12. The predicted octanol–water partition coefficient (Wildman–Crippen LogP) is 2.54. The number of benzene rings is 1. The second-order valence-electron chi connectivity index (χ2n) is 5.69. The molecule has 2 N–H and O–H groups in total. The first-order valence-corrected chi connectivity index (χ1v) is 6.12. The third kappa shape index (κ3) is 2.99. The highest BCUT2D eigenvalue weighted by Gasteiger charge is 2.28. The van der Waals surface area contributed by atoms with Crippen LogP contribution in [0.5, 0.6) is 0 Å². The van der Waals surface area contributed by atoms with Crippen molar-refractivity contribution in [3.63, 3.8) is 0 Å². The van der Waals surface area contributed by atoms with Crippen molar-refractivity contribution in [3.8, 4) is 0 Å². The molecule has 0 radical (unpaired) electrons. The van der Waals surface area contributed by atoms with Gasteiger partial charge in [-0.1, -0.05) is 26.0 Å². The molecule has 1 fully saturated rings. The van der Waals surface area contributed by atoms with Gasteiger partial charge in [-0.15, -0.1) is 0 Å². The number of rotatable bonds is 3. The summed E-state index contributed by atoms with van der Waals surface area (Å²) in [7, 11) is 0. The quantitative estimate of drug-likeness (QED) is 0.790. The molecular weight excluding hydrogens is 196 g/mol. The van der Waals surface area contributed by atoms with Gasteiger partial charge in [-0.05, 0) is 42.5 Å². The first-order chi connectivity index (χ1) is 7.55. The van der Waals surface area contributed by atoms with Gasteiger partial charge in [-0.25, -0.2) is 0 Å². The lowest BCUT2D eigenvalue weighted by Crippen LogP contribution is -2.25. The number of likely N-dealkylation sites (tertiary alicyclic amines) is 1. The minimum absolute atomic E-state index is 0.510. The van der Waals surface area contributed by atoms with Gasteiger partial charge in [0, 0.05) is 18.8 Å². The Kier molecular flexibility index (Phi) is 3.20. The maximum absolute atomic E-state index is 5.77. The normalized spacial score (nSPS) is 20.1. The van der Waals surface area contributed by atoms with Crippen LogP contribution in [0.15, 0.2) is 24.3 Å². The van der Waals surface area contributed by atoms with E-state index in [2.05, 4.69) is 30.9 Å². The van der Waals surface area contributed by atoms with Crippen LogP contribution in [0.4, 0.5) is 5.69 Å². The Labute approximate surface area is 98.4 Å². The molecule has 2 nitrogen and oxygen atoms in total. The molecule has 0 atom stereocenters. The SMILES string of the molecule is CC1(C)CCN(CCc2cccc(N)c2)C1. The summed E-state index contributed by atoms with van der Waals surface area (Å²) in [5.41, 5.74) is 8.51. The molecule has 88 valence electrons. The minimum Gasteiger partial charge on any atom is -0.399 e. The van der Waals surface area contributed by atoms with E-state index in [1.54, 1.807) is 0 Å². The van der Waals surface area contributed by atoms with E-state index >= 15 is 0 Å². The van der Waals surface area contributed by atoms with E-state index in [1.807, 2.05) is 12.1 Å². The minimum atomic E-state index is 0.510. The van der Waals surface area contributed by atoms with Gasteiger partial charge in [0.15, 0.2) is 0 Å². The van der Waals surface area contributed by atoms with Gasteiger partial charge in [0.2, 0.25) is 0 Å². The van der Waals surface area contributed by atoms with Gasteiger partial charge >= 0.3 is 0 Å². The molecule has 0 saturated carbocycles. The highest BCUT2D eigenvalue weighted by atomic mass is 15.1. The number of nitrogen functional groups attached to an aromatic ring is 1. The summed E-state index contributed by atoms with van der Waals surface area (Å²) in [5.74, 6) is 0. The zero-order chi connectivity index (χ0) is 11.6. The van der Waals surface area contributed by atoms with Gasteiger partial charge < -0.3 is 10.6 Å². The molecule has 1 aliphatic rings. The van der Waals surface area contributed by atoms with Gasteiger partial charge in [0.1, 0.15) is 0 Å². The molecule has 2 heteroatoms. The van der Waals surface area contributed by atoms with E-state index in [0.29, 0.717) is 5.41 Å². The smallest absolute Gasteiger partial charge is 0.0316 e. The lowest BCUT2D eigenvalue weighted by molar-refractivity contribution is 0.294. The molecule has 1 aromatic carbocycles. The molecule has 1 saturated heterocycles. The molecule has 0 aliphatic carbocycles. The van der Waals surface area contributed by atoms with Crippen molar-refractivity contribution in [1.82, 2.24) is 4.90 Å². The first kappa shape index (κ1) is 11.5. The number of anilines is 1. The average molecular weight is 218 g/mol. The van der Waals surface area contributed by atoms with Crippen LogP contribution in [0.3, 0.4) is 0 Å². The van der Waals surface area contributed by atoms with Crippen LogP contribution in [0, 0.1) is 5.41 Å². The molecule has 0 aromatic heterocycles. The number of hydrogen-bond donors (Lipinski definition) is 1. The zero-order valence-electron chi connectivity index (χ0n) is 10.4. The van der Waals surface area contributed by atoms with Crippen LogP contribution in [-0.4, -0.2) is 24.5 Å². The van der Waals surface area contributed by atoms with Crippen LogP contribution >= 0.6 is 0 Å². The number of hydrogen-bond acceptors (Lipinski definition) is 2. The fourth-order valence-corrected chi connectivity index (χ4v) is 2.45. The summed E-state index contributed by atoms with van der Waals surface area (Å²) in [6.45, 7) is 8.35. The topological polar surface area (TPSA) is 29.3 Å². The Morgan fingerprint density at radius 2 is 2.19 bits per heavy atom. The summed E-state index contributed by atoms with van der Waals surface area (Å²) >= 11 is 0. The Hall–Kier alpha value is -1.02. The van der Waals surface area contributed by atoms with E-state index in [-0.39, 0.29) is 0 Å². The van der Waals surface area contributed by atoms with Gasteiger partial charge in [-0.2, -0.15) is 0 Å². The summed E-state index contributed by atoms with van der Waals surface area (Å²) in [6, 6.07) is 8.24. The van der Waals surface area contributed by atoms with Crippen molar-refractivity contribution in [2.75, 3.05) is 25.4 Å². The Morgan fingerprint density at radius 3 is 2.81 bits per heavy atom. The molecule has 0 unspecified atom stereocenters. The molecule has 2 rings (SSSR count). The summed E-state index contributed by atoms with van der Waals surface area (Å²) < 4.78 is 0. The lowest BCUT2D eigenvalue weighted by atomic mass is 9.93. The van der Waals surface area contributed by atoms with Crippen molar-refractivity contribution < 1.29 is 0 Å². The molecular formula is C14H22N2. The Balaban J connectivity index is 1.84. The van der Waals surface area contributed by atoms with Gasteiger partial charge in [-0.3, -0.25) is 0 Å². The fraction of sp³-hybridized carbons (Fsp3) is 0.571. The lowest BCUT2D eigenvalue weighted by Gasteiger charge is -2.19. The summed E-state index contributed by atoms with van der Waals surface area (Å²) in [4.78, 5) is 2.56. The summed E-state index contributed by atoms with van der Waals surface area (Å²) in [6.07, 6.45) is 2.44. The van der Waals surface area contributed by atoms with Crippen molar-refractivity contribution >= 4 is 5.69 Å². The van der Waals surface area contributed by atoms with E-state index in [0.717, 1.165) is 18.7 Å². The molecule has 1 aliphatic heterocycles. The maximum Gasteiger partial charge on any atom is 0.0316 e. The van der Waals surface area contributed by atoms with Crippen molar-refractivity contribution in [1.29, 1.82) is 0 Å². The third-order valence-electron chi connectivity index (χ3n) is 3.42. The fourth-order valence-electron chi connectivity index (χ4n) is 2.45. The number of nitrogens with zero attached hydrogens (tertiary/aromatic N) is 1. The highest BCUT2D eigenvalue weighted by Crippen LogP contribution is 2.28. The average Bonchev–Trinajstić information content (AvgIpc) is 2.56. The third-order valence-corrected chi connectivity index (χ3v) is 3.42. The molecule has 16 heavy (non-hydrogen) atoms. The maximum atomic E-state index is 5.77. The van der Waals surface area contributed by atoms with E-state index in [9.17, 15) is 0 Å². The van der Waals surface area contributed by atoms with Crippen molar-refractivity contribution in [2.45, 2.75) is 26.7 Å². The second-order valence-corrected chi connectivity index (χ2v) is 5.69. The van der Waals surface area contributed by atoms with E-state index in [1.165, 1.54) is 25.1 Å². The second kappa shape index (κ2) is 4.46. The van der Waals surface area contributed by atoms with Crippen LogP contribution in [0.2, 0.25) is 0 Å². The molecule has 1 heterocycles. The van der Waals surface area contributed by atoms with E-state index in [4.69, 9.17) is 5.73 Å². The standard InChI is InChI=1S/C14H22N2/c1-14(2)7-9-16(11-14)8-6-12-4-3-5-13(15)10-12/h3-5,10H,6-9,11,15H2,1-2H3. The largest absolute Gasteiger partial charge is 0.399 e. The predicted molar refractivity (Wildman–Crippen MR) is 69.4 cm³/mol. The van der Waals surface area contributed by atoms with E-state index < -0.39 is 0 Å². The van der Waals surface area contributed by atoms with Crippen LogP contribution in [0.25, 0.3) is 0 Å². The number of nitrogens with two attached hydrogens (primary N) is 1. The molecule has 0 bridgehead atoms.